The van der Waals surface area contributed by atoms with E-state index in [0.717, 1.165) is 11.0 Å². The third kappa shape index (κ3) is 3.06. The largest absolute Gasteiger partial charge is 0.486 e. The zero-order valence-corrected chi connectivity index (χ0v) is 13.2. The molecule has 2 N–H and O–H groups in total. The molecule has 7 heteroatoms. The van der Waals surface area contributed by atoms with Crippen LogP contribution in [0.4, 0.5) is 4.39 Å². The lowest BCUT2D eigenvalue weighted by molar-refractivity contribution is 0.0728. The number of H-pyrrole nitrogens is 1. The van der Waals surface area contributed by atoms with Crippen molar-refractivity contribution in [3.05, 3.63) is 60.2 Å². The van der Waals surface area contributed by atoms with Crippen LogP contribution in [0, 0.1) is 5.82 Å². The molecular weight excluding hydrogens is 325 g/mol. The van der Waals surface area contributed by atoms with Gasteiger partial charge in [0.25, 0.3) is 5.91 Å². The highest BCUT2D eigenvalue weighted by Crippen LogP contribution is 2.22. The molecule has 25 heavy (non-hydrogen) atoms. The number of imidazole rings is 1. The van der Waals surface area contributed by atoms with Crippen molar-refractivity contribution in [3.8, 4) is 5.75 Å². The number of benzene rings is 2. The summed E-state index contributed by atoms with van der Waals surface area (Å²) in [4.78, 5) is 21.3. The number of β-amino-alcohol motifs (C(OH)–C–C–N with tert-alkyl or cyclic N) is 1. The summed E-state index contributed by atoms with van der Waals surface area (Å²) in [6.45, 7) is 0.400. The average Bonchev–Trinajstić information content (AvgIpc) is 3.20. The van der Waals surface area contributed by atoms with Crippen LogP contribution in [0.3, 0.4) is 0 Å². The van der Waals surface area contributed by atoms with E-state index in [-0.39, 0.29) is 19.0 Å². The number of halogens is 1. The van der Waals surface area contributed by atoms with E-state index in [1.165, 1.54) is 23.1 Å². The van der Waals surface area contributed by atoms with Gasteiger partial charge in [0.05, 0.1) is 30.5 Å². The van der Waals surface area contributed by atoms with Crippen molar-refractivity contribution in [2.75, 3.05) is 13.1 Å². The zero-order valence-electron chi connectivity index (χ0n) is 13.2. The molecule has 3 aromatic rings. The molecule has 0 radical (unpaired) electrons. The number of likely N-dealkylation sites (tertiary alicyclic amines) is 1. The fourth-order valence-corrected chi connectivity index (χ4v) is 3.00. The zero-order chi connectivity index (χ0) is 17.4. The van der Waals surface area contributed by atoms with E-state index >= 15 is 0 Å². The first-order chi connectivity index (χ1) is 12.1. The number of fused-ring (bicyclic) bond motifs is 1. The summed E-state index contributed by atoms with van der Waals surface area (Å²) in [6, 6.07) is 10.9. The average molecular weight is 341 g/mol. The van der Waals surface area contributed by atoms with Gasteiger partial charge in [0.2, 0.25) is 0 Å². The Morgan fingerprint density at radius 2 is 2.16 bits per heavy atom. The van der Waals surface area contributed by atoms with Gasteiger partial charge in [0.1, 0.15) is 23.8 Å². The number of hydrogen-bond acceptors (Lipinski definition) is 4. The summed E-state index contributed by atoms with van der Waals surface area (Å²) >= 11 is 0. The summed E-state index contributed by atoms with van der Waals surface area (Å²) in [5.74, 6) is -0.274. The molecule has 1 fully saturated rings. The summed E-state index contributed by atoms with van der Waals surface area (Å²) in [5, 5.41) is 10.2. The molecule has 1 aliphatic heterocycles. The molecule has 0 aliphatic carbocycles. The lowest BCUT2D eigenvalue weighted by atomic mass is 10.2. The number of nitrogens with one attached hydrogen (secondary N) is 1. The Kier molecular flexibility index (Phi) is 3.85. The Balaban J connectivity index is 1.49. The van der Waals surface area contributed by atoms with E-state index in [9.17, 15) is 14.3 Å². The van der Waals surface area contributed by atoms with Crippen LogP contribution < -0.4 is 4.74 Å². The van der Waals surface area contributed by atoms with Crippen LogP contribution in [-0.2, 0) is 0 Å². The minimum Gasteiger partial charge on any atom is -0.486 e. The van der Waals surface area contributed by atoms with Crippen LogP contribution in [0.2, 0.25) is 0 Å². The second kappa shape index (κ2) is 6.18. The van der Waals surface area contributed by atoms with Gasteiger partial charge < -0.3 is 19.7 Å². The smallest absolute Gasteiger partial charge is 0.254 e. The van der Waals surface area contributed by atoms with Gasteiger partial charge in [-0.3, -0.25) is 4.79 Å². The highest BCUT2D eigenvalue weighted by Gasteiger charge is 2.36. The molecule has 1 aliphatic rings. The maximum atomic E-state index is 13.3. The quantitative estimate of drug-likeness (QED) is 0.763. The van der Waals surface area contributed by atoms with Gasteiger partial charge >= 0.3 is 0 Å². The number of nitrogens with zero attached hydrogens (tertiary/aromatic N) is 2. The molecule has 0 bridgehead atoms. The number of aliphatic hydroxyl groups excluding tert-OH is 1. The number of aliphatic hydroxyl groups is 1. The monoisotopic (exact) mass is 341 g/mol. The molecule has 1 saturated heterocycles. The number of amides is 1. The second-order valence-corrected chi connectivity index (χ2v) is 6.03. The predicted molar refractivity (Wildman–Crippen MR) is 88.8 cm³/mol. The minimum absolute atomic E-state index is 0.166. The molecule has 4 rings (SSSR count). The molecule has 6 nitrogen and oxygen atoms in total. The van der Waals surface area contributed by atoms with E-state index in [0.29, 0.717) is 11.3 Å². The summed E-state index contributed by atoms with van der Waals surface area (Å²) in [5.41, 5.74) is 2.07. The highest BCUT2D eigenvalue weighted by molar-refractivity contribution is 5.97. The molecule has 2 atom stereocenters. The van der Waals surface area contributed by atoms with Gasteiger partial charge in [0.15, 0.2) is 0 Å². The minimum atomic E-state index is -0.830. The number of ether oxygens (including phenoxy) is 1. The van der Waals surface area contributed by atoms with Crippen molar-refractivity contribution in [1.29, 1.82) is 0 Å². The van der Waals surface area contributed by atoms with Gasteiger partial charge in [-0.25, -0.2) is 9.37 Å². The Morgan fingerprint density at radius 1 is 1.28 bits per heavy atom. The van der Waals surface area contributed by atoms with E-state index in [4.69, 9.17) is 4.74 Å². The van der Waals surface area contributed by atoms with Crippen LogP contribution in [0.1, 0.15) is 10.4 Å². The van der Waals surface area contributed by atoms with Crippen LogP contribution in [0.15, 0.2) is 48.8 Å². The molecule has 2 heterocycles. The summed E-state index contributed by atoms with van der Waals surface area (Å²) < 4.78 is 18.9. The van der Waals surface area contributed by atoms with Crippen LogP contribution in [0.5, 0.6) is 5.75 Å². The topological polar surface area (TPSA) is 78.5 Å². The number of aromatic amines is 1. The third-order valence-corrected chi connectivity index (χ3v) is 4.27. The lowest BCUT2D eigenvalue weighted by Gasteiger charge is -2.17. The van der Waals surface area contributed by atoms with Crippen molar-refractivity contribution in [3.63, 3.8) is 0 Å². The van der Waals surface area contributed by atoms with Gasteiger partial charge in [-0.2, -0.15) is 0 Å². The van der Waals surface area contributed by atoms with Crippen molar-refractivity contribution >= 4 is 16.9 Å². The lowest BCUT2D eigenvalue weighted by Crippen LogP contribution is -2.31. The molecule has 2 aromatic carbocycles. The standard InChI is InChI=1S/C18H16FN3O3/c19-12-2-1-3-13(7-12)25-17-9-22(8-16(17)23)18(24)11-4-5-14-15(6-11)21-10-20-14/h1-7,10,16-17,23H,8-9H2,(H,20,21)/t16-,17-/m1/s1. The van der Waals surface area contributed by atoms with Crippen molar-refractivity contribution in [2.45, 2.75) is 12.2 Å². The molecule has 1 aromatic heterocycles. The summed E-state index contributed by atoms with van der Waals surface area (Å²) in [7, 11) is 0. The van der Waals surface area contributed by atoms with Gasteiger partial charge in [-0.1, -0.05) is 6.07 Å². The van der Waals surface area contributed by atoms with Crippen molar-refractivity contribution in [1.82, 2.24) is 14.9 Å². The number of carbonyl (C=O) groups is 1. The van der Waals surface area contributed by atoms with Gasteiger partial charge in [-0.15, -0.1) is 0 Å². The van der Waals surface area contributed by atoms with Crippen LogP contribution in [0.25, 0.3) is 11.0 Å². The fourth-order valence-electron chi connectivity index (χ4n) is 3.00. The first-order valence-corrected chi connectivity index (χ1v) is 7.93. The van der Waals surface area contributed by atoms with E-state index < -0.39 is 18.0 Å². The van der Waals surface area contributed by atoms with Crippen molar-refractivity contribution in [2.24, 2.45) is 0 Å². The number of carbonyl (C=O) groups excluding carboxylic acids is 1. The van der Waals surface area contributed by atoms with Crippen LogP contribution in [-0.4, -0.2) is 51.2 Å². The Bertz CT molecular complexity index is 927. The molecule has 128 valence electrons. The normalized spacial score (nSPS) is 20.2. The fraction of sp³-hybridized carbons (Fsp3) is 0.222. The van der Waals surface area contributed by atoms with E-state index in [1.807, 2.05) is 0 Å². The van der Waals surface area contributed by atoms with E-state index in [1.54, 1.807) is 30.6 Å². The molecular formula is C18H16FN3O3. The second-order valence-electron chi connectivity index (χ2n) is 6.03. The Labute approximate surface area is 142 Å². The summed E-state index contributed by atoms with van der Waals surface area (Å²) in [6.07, 6.45) is 0.145. The van der Waals surface area contributed by atoms with Crippen LogP contribution >= 0.6 is 0 Å². The highest BCUT2D eigenvalue weighted by atomic mass is 19.1. The first kappa shape index (κ1) is 15.6. The van der Waals surface area contributed by atoms with Crippen molar-refractivity contribution < 1.29 is 19.0 Å². The number of hydrogen-bond donors (Lipinski definition) is 2. The van der Waals surface area contributed by atoms with E-state index in [2.05, 4.69) is 9.97 Å². The molecule has 1 amide bonds. The molecule has 0 saturated carbocycles. The molecule has 0 spiro atoms. The van der Waals surface area contributed by atoms with Gasteiger partial charge in [0, 0.05) is 11.6 Å². The number of rotatable bonds is 3. The SMILES string of the molecule is O=C(c1ccc2nc[nH]c2c1)N1C[C@@H](O)[C@H](Oc2cccc(F)c2)C1. The molecule has 0 unspecified atom stereocenters. The maximum Gasteiger partial charge on any atom is 0.254 e. The predicted octanol–water partition coefficient (Wildman–Crippen LogP) is 1.97. The first-order valence-electron chi connectivity index (χ1n) is 7.93. The Morgan fingerprint density at radius 3 is 3.00 bits per heavy atom. The Hall–Kier alpha value is -2.93. The third-order valence-electron chi connectivity index (χ3n) is 4.27. The number of aromatic nitrogens is 2. The maximum absolute atomic E-state index is 13.3. The van der Waals surface area contributed by atoms with Gasteiger partial charge in [-0.05, 0) is 30.3 Å².